The Hall–Kier alpha value is -1.88. The SMILES string of the molecule is CCCNC(c1cncnc1)c1ccnnc1. The zero-order valence-corrected chi connectivity index (χ0v) is 9.74. The summed E-state index contributed by atoms with van der Waals surface area (Å²) in [5.74, 6) is 0. The molecular weight excluding hydrogens is 214 g/mol. The molecule has 1 unspecified atom stereocenters. The van der Waals surface area contributed by atoms with E-state index in [0.29, 0.717) is 0 Å². The van der Waals surface area contributed by atoms with E-state index in [4.69, 9.17) is 0 Å². The van der Waals surface area contributed by atoms with Crippen LogP contribution < -0.4 is 5.32 Å². The van der Waals surface area contributed by atoms with Gasteiger partial charge in [0.05, 0.1) is 12.2 Å². The van der Waals surface area contributed by atoms with Crippen LogP contribution in [-0.2, 0) is 0 Å². The van der Waals surface area contributed by atoms with Crippen molar-refractivity contribution in [2.75, 3.05) is 6.54 Å². The summed E-state index contributed by atoms with van der Waals surface area (Å²) in [6, 6.07) is 2.03. The Morgan fingerprint density at radius 2 is 1.94 bits per heavy atom. The summed E-state index contributed by atoms with van der Waals surface area (Å²) >= 11 is 0. The lowest BCUT2D eigenvalue weighted by Gasteiger charge is -2.17. The monoisotopic (exact) mass is 229 g/mol. The molecule has 0 radical (unpaired) electrons. The van der Waals surface area contributed by atoms with Gasteiger partial charge in [-0.25, -0.2) is 9.97 Å². The molecule has 0 aliphatic heterocycles. The lowest BCUT2D eigenvalue weighted by molar-refractivity contribution is 0.592. The second kappa shape index (κ2) is 6.00. The first-order chi connectivity index (χ1) is 8.42. The Morgan fingerprint density at radius 1 is 1.12 bits per heavy atom. The Labute approximate surface area is 100 Å². The second-order valence-electron chi connectivity index (χ2n) is 3.73. The second-order valence-corrected chi connectivity index (χ2v) is 3.73. The Morgan fingerprint density at radius 3 is 2.59 bits per heavy atom. The van der Waals surface area contributed by atoms with E-state index >= 15 is 0 Å². The van der Waals surface area contributed by atoms with Crippen LogP contribution in [0.4, 0.5) is 0 Å². The summed E-state index contributed by atoms with van der Waals surface area (Å²) in [6.45, 7) is 3.07. The van der Waals surface area contributed by atoms with Crippen molar-refractivity contribution < 1.29 is 0 Å². The van der Waals surface area contributed by atoms with Gasteiger partial charge in [0.25, 0.3) is 0 Å². The molecule has 2 heterocycles. The summed E-state index contributed by atoms with van der Waals surface area (Å²) in [4.78, 5) is 8.10. The molecule has 0 aliphatic carbocycles. The van der Waals surface area contributed by atoms with E-state index in [1.165, 1.54) is 6.33 Å². The van der Waals surface area contributed by atoms with Crippen LogP contribution in [0.5, 0.6) is 0 Å². The highest BCUT2D eigenvalue weighted by molar-refractivity contribution is 5.25. The first-order valence-electron chi connectivity index (χ1n) is 5.66. The van der Waals surface area contributed by atoms with Crippen molar-refractivity contribution >= 4 is 0 Å². The van der Waals surface area contributed by atoms with Crippen molar-refractivity contribution in [1.29, 1.82) is 0 Å². The fourth-order valence-corrected chi connectivity index (χ4v) is 1.65. The van der Waals surface area contributed by atoms with Crippen LogP contribution in [0.3, 0.4) is 0 Å². The van der Waals surface area contributed by atoms with Gasteiger partial charge in [0.15, 0.2) is 0 Å². The fraction of sp³-hybridized carbons (Fsp3) is 0.333. The van der Waals surface area contributed by atoms with Gasteiger partial charge in [0.1, 0.15) is 6.33 Å². The average molecular weight is 229 g/mol. The molecule has 17 heavy (non-hydrogen) atoms. The zero-order chi connectivity index (χ0) is 11.9. The van der Waals surface area contributed by atoms with Gasteiger partial charge >= 0.3 is 0 Å². The molecule has 1 atom stereocenters. The number of rotatable bonds is 5. The smallest absolute Gasteiger partial charge is 0.115 e. The van der Waals surface area contributed by atoms with Gasteiger partial charge < -0.3 is 5.32 Å². The van der Waals surface area contributed by atoms with Crippen molar-refractivity contribution in [3.8, 4) is 0 Å². The van der Waals surface area contributed by atoms with E-state index in [1.807, 2.05) is 18.5 Å². The predicted octanol–water partition coefficient (Wildman–Crippen LogP) is 1.36. The number of aromatic nitrogens is 4. The fourth-order valence-electron chi connectivity index (χ4n) is 1.65. The molecule has 2 aromatic rings. The average Bonchev–Trinajstić information content (AvgIpc) is 2.42. The molecule has 0 aromatic carbocycles. The highest BCUT2D eigenvalue weighted by Gasteiger charge is 2.13. The van der Waals surface area contributed by atoms with Gasteiger partial charge in [-0.05, 0) is 24.6 Å². The summed E-state index contributed by atoms with van der Waals surface area (Å²) in [5, 5.41) is 11.2. The van der Waals surface area contributed by atoms with Gasteiger partial charge in [-0.2, -0.15) is 10.2 Å². The molecule has 0 aliphatic rings. The van der Waals surface area contributed by atoms with E-state index in [0.717, 1.165) is 24.1 Å². The van der Waals surface area contributed by atoms with E-state index in [2.05, 4.69) is 32.4 Å². The molecule has 5 heteroatoms. The minimum absolute atomic E-state index is 0.0756. The normalized spacial score (nSPS) is 12.3. The Balaban J connectivity index is 2.26. The minimum Gasteiger partial charge on any atom is -0.306 e. The van der Waals surface area contributed by atoms with Crippen LogP contribution >= 0.6 is 0 Å². The van der Waals surface area contributed by atoms with Gasteiger partial charge in [-0.1, -0.05) is 6.92 Å². The molecule has 5 nitrogen and oxygen atoms in total. The molecule has 0 fully saturated rings. The maximum atomic E-state index is 4.05. The van der Waals surface area contributed by atoms with E-state index < -0.39 is 0 Å². The lowest BCUT2D eigenvalue weighted by atomic mass is 10.0. The van der Waals surface area contributed by atoms with Crippen molar-refractivity contribution in [1.82, 2.24) is 25.5 Å². The van der Waals surface area contributed by atoms with Crippen LogP contribution in [0.25, 0.3) is 0 Å². The van der Waals surface area contributed by atoms with Gasteiger partial charge in [0, 0.05) is 24.2 Å². The quantitative estimate of drug-likeness (QED) is 0.838. The van der Waals surface area contributed by atoms with E-state index in [9.17, 15) is 0 Å². The highest BCUT2D eigenvalue weighted by Crippen LogP contribution is 2.19. The molecule has 2 rings (SSSR count). The number of nitrogens with zero attached hydrogens (tertiary/aromatic N) is 4. The van der Waals surface area contributed by atoms with Crippen molar-refractivity contribution in [2.24, 2.45) is 0 Å². The standard InChI is InChI=1S/C12H15N5/c1-2-4-15-12(10-3-5-16-17-8-10)11-6-13-9-14-7-11/h3,5-9,12,15H,2,4H2,1H3. The Kier molecular flexibility index (Phi) is 4.10. The third-order valence-corrected chi connectivity index (χ3v) is 2.45. The lowest BCUT2D eigenvalue weighted by Crippen LogP contribution is -2.23. The van der Waals surface area contributed by atoms with Crippen molar-refractivity contribution in [3.63, 3.8) is 0 Å². The molecule has 0 saturated carbocycles. The van der Waals surface area contributed by atoms with Gasteiger partial charge in [0.2, 0.25) is 0 Å². The summed E-state index contributed by atoms with van der Waals surface area (Å²) < 4.78 is 0. The van der Waals surface area contributed by atoms with Crippen LogP contribution in [-0.4, -0.2) is 26.7 Å². The van der Waals surface area contributed by atoms with Crippen LogP contribution in [0.15, 0.2) is 37.2 Å². The molecular formula is C12H15N5. The summed E-state index contributed by atoms with van der Waals surface area (Å²) in [5.41, 5.74) is 2.11. The molecule has 0 amide bonds. The van der Waals surface area contributed by atoms with Gasteiger partial charge in [-0.3, -0.25) is 0 Å². The highest BCUT2D eigenvalue weighted by atomic mass is 15.1. The van der Waals surface area contributed by atoms with Crippen LogP contribution in [0.2, 0.25) is 0 Å². The molecule has 1 N–H and O–H groups in total. The first kappa shape index (κ1) is 11.6. The summed E-state index contributed by atoms with van der Waals surface area (Å²) in [7, 11) is 0. The molecule has 0 bridgehead atoms. The third-order valence-electron chi connectivity index (χ3n) is 2.45. The van der Waals surface area contributed by atoms with E-state index in [1.54, 1.807) is 12.4 Å². The molecule has 2 aromatic heterocycles. The minimum atomic E-state index is 0.0756. The zero-order valence-electron chi connectivity index (χ0n) is 9.74. The topological polar surface area (TPSA) is 63.6 Å². The number of hydrogen-bond donors (Lipinski definition) is 1. The van der Waals surface area contributed by atoms with Gasteiger partial charge in [-0.15, -0.1) is 0 Å². The maximum absolute atomic E-state index is 4.05. The maximum Gasteiger partial charge on any atom is 0.115 e. The van der Waals surface area contributed by atoms with E-state index in [-0.39, 0.29) is 6.04 Å². The Bertz CT molecular complexity index is 392. The number of hydrogen-bond acceptors (Lipinski definition) is 5. The molecule has 0 saturated heterocycles. The number of nitrogens with one attached hydrogen (secondary N) is 1. The largest absolute Gasteiger partial charge is 0.306 e. The van der Waals surface area contributed by atoms with Crippen LogP contribution in [0, 0.1) is 0 Å². The predicted molar refractivity (Wildman–Crippen MR) is 64.2 cm³/mol. The summed E-state index contributed by atoms with van der Waals surface area (Å²) in [6.07, 6.45) is 9.70. The first-order valence-corrected chi connectivity index (χ1v) is 5.66. The third kappa shape index (κ3) is 3.04. The molecule has 0 spiro atoms. The van der Waals surface area contributed by atoms with Crippen molar-refractivity contribution in [3.05, 3.63) is 48.3 Å². The van der Waals surface area contributed by atoms with Crippen LogP contribution in [0.1, 0.15) is 30.5 Å². The molecule has 88 valence electrons. The van der Waals surface area contributed by atoms with Crippen molar-refractivity contribution in [2.45, 2.75) is 19.4 Å².